The number of hydrogen-bond donors (Lipinski definition) is 2. The van der Waals surface area contributed by atoms with Crippen molar-refractivity contribution in [1.82, 2.24) is 15.3 Å². The van der Waals surface area contributed by atoms with Gasteiger partial charge in [-0.05, 0) is 48.2 Å². The van der Waals surface area contributed by atoms with Gasteiger partial charge in [-0.3, -0.25) is 4.79 Å². The molecule has 0 radical (unpaired) electrons. The molecule has 1 heterocycles. The number of nitrogen functional groups attached to an aromatic ring is 1. The van der Waals surface area contributed by atoms with Crippen molar-refractivity contribution in [2.24, 2.45) is 0 Å². The summed E-state index contributed by atoms with van der Waals surface area (Å²) in [6, 6.07) is 14.2. The van der Waals surface area contributed by atoms with Crippen LogP contribution in [0.15, 0.2) is 54.7 Å². The summed E-state index contributed by atoms with van der Waals surface area (Å²) in [7, 11) is 0. The van der Waals surface area contributed by atoms with Crippen LogP contribution in [0.2, 0.25) is 5.02 Å². The van der Waals surface area contributed by atoms with Crippen LogP contribution in [0.3, 0.4) is 0 Å². The summed E-state index contributed by atoms with van der Waals surface area (Å²) in [5.41, 5.74) is 8.16. The number of carbonyl (C=O) groups excluding carboxylic acids is 1. The molecule has 8 heteroatoms. The first-order valence-electron chi connectivity index (χ1n) is 9.38. The van der Waals surface area contributed by atoms with Crippen LogP contribution in [0, 0.1) is 0 Å². The van der Waals surface area contributed by atoms with Crippen molar-refractivity contribution in [3.8, 4) is 11.1 Å². The molecular formula is C22H19ClF2N4O. The van der Waals surface area contributed by atoms with Crippen LogP contribution < -0.4 is 11.1 Å². The maximum absolute atomic E-state index is 13.4. The van der Waals surface area contributed by atoms with Gasteiger partial charge in [0.25, 0.3) is 5.91 Å². The highest BCUT2D eigenvalue weighted by Crippen LogP contribution is 2.46. The number of anilines is 1. The number of halogens is 3. The minimum Gasteiger partial charge on any atom is -0.383 e. The molecule has 1 aliphatic carbocycles. The molecule has 2 aromatic carbocycles. The largest absolute Gasteiger partial charge is 0.383 e. The molecule has 0 spiro atoms. The van der Waals surface area contributed by atoms with Gasteiger partial charge in [0.1, 0.15) is 5.82 Å². The third-order valence-corrected chi connectivity index (χ3v) is 5.42. The van der Waals surface area contributed by atoms with Crippen molar-refractivity contribution in [2.75, 3.05) is 5.73 Å². The highest BCUT2D eigenvalue weighted by atomic mass is 35.5. The Hall–Kier alpha value is -3.06. The maximum atomic E-state index is 13.4. The Bertz CT molecular complexity index is 1090. The van der Waals surface area contributed by atoms with Crippen molar-refractivity contribution in [3.05, 3.63) is 76.7 Å². The van der Waals surface area contributed by atoms with E-state index in [0.717, 1.165) is 25.3 Å². The van der Waals surface area contributed by atoms with Crippen molar-refractivity contribution < 1.29 is 13.6 Å². The van der Waals surface area contributed by atoms with Crippen molar-refractivity contribution in [2.45, 2.75) is 31.2 Å². The van der Waals surface area contributed by atoms with Crippen LogP contribution >= 0.6 is 11.6 Å². The number of nitrogens with two attached hydrogens (primary N) is 1. The second kappa shape index (κ2) is 7.32. The number of benzene rings is 2. The van der Waals surface area contributed by atoms with E-state index in [0.29, 0.717) is 21.7 Å². The van der Waals surface area contributed by atoms with Gasteiger partial charge in [-0.2, -0.15) is 8.78 Å². The Morgan fingerprint density at radius 3 is 2.30 bits per heavy atom. The van der Waals surface area contributed by atoms with Crippen LogP contribution in [0.4, 0.5) is 14.6 Å². The van der Waals surface area contributed by atoms with E-state index in [2.05, 4.69) is 15.3 Å². The molecule has 3 aromatic rings. The van der Waals surface area contributed by atoms with Crippen LogP contribution in [0.5, 0.6) is 0 Å². The van der Waals surface area contributed by atoms with Gasteiger partial charge >= 0.3 is 5.92 Å². The van der Waals surface area contributed by atoms with E-state index in [-0.39, 0.29) is 11.7 Å². The fraction of sp³-hybridized carbons (Fsp3) is 0.227. The smallest absolute Gasteiger partial charge is 0.303 e. The summed E-state index contributed by atoms with van der Waals surface area (Å²) in [6.07, 6.45) is 2.97. The zero-order valence-corrected chi connectivity index (χ0v) is 16.9. The highest BCUT2D eigenvalue weighted by Gasteiger charge is 2.45. The van der Waals surface area contributed by atoms with Crippen LogP contribution in [-0.2, 0) is 11.5 Å². The first-order valence-corrected chi connectivity index (χ1v) is 9.76. The third kappa shape index (κ3) is 3.98. The zero-order chi connectivity index (χ0) is 21.5. The monoisotopic (exact) mass is 428 g/mol. The molecule has 1 aromatic heterocycles. The third-order valence-electron chi connectivity index (χ3n) is 5.17. The SMILES string of the molecule is CC(F)(F)c1ncc(-c2ccc(C3(NC(=O)c4ccc(Cl)cc4)CC3)cc2)c(N)n1. The number of amides is 1. The number of carbonyl (C=O) groups is 1. The summed E-state index contributed by atoms with van der Waals surface area (Å²) in [5, 5.41) is 3.67. The Morgan fingerprint density at radius 1 is 1.13 bits per heavy atom. The van der Waals surface area contributed by atoms with Crippen LogP contribution in [0.1, 0.15) is 41.5 Å². The van der Waals surface area contributed by atoms with Crippen molar-refractivity contribution in [3.63, 3.8) is 0 Å². The van der Waals surface area contributed by atoms with Gasteiger partial charge in [-0.1, -0.05) is 35.9 Å². The minimum absolute atomic E-state index is 0.00792. The summed E-state index contributed by atoms with van der Waals surface area (Å²) in [6.45, 7) is 0.726. The lowest BCUT2D eigenvalue weighted by molar-refractivity contribution is 0.00786. The molecule has 1 saturated carbocycles. The van der Waals surface area contributed by atoms with E-state index in [9.17, 15) is 13.6 Å². The maximum Gasteiger partial charge on any atom is 0.303 e. The minimum atomic E-state index is -3.16. The topological polar surface area (TPSA) is 80.9 Å². The number of rotatable bonds is 5. The molecule has 0 saturated heterocycles. The Balaban J connectivity index is 1.53. The summed E-state index contributed by atoms with van der Waals surface area (Å²) >= 11 is 5.88. The van der Waals surface area contributed by atoms with Crippen molar-refractivity contribution >= 4 is 23.3 Å². The predicted octanol–water partition coefficient (Wildman–Crippen LogP) is 4.91. The molecule has 1 amide bonds. The summed E-state index contributed by atoms with van der Waals surface area (Å²) in [5.74, 6) is -3.94. The Kier molecular flexibility index (Phi) is 4.94. The van der Waals surface area contributed by atoms with Gasteiger partial charge in [0.05, 0.1) is 5.54 Å². The van der Waals surface area contributed by atoms with Gasteiger partial charge in [0.2, 0.25) is 5.82 Å². The molecular weight excluding hydrogens is 410 g/mol. The number of nitrogens with one attached hydrogen (secondary N) is 1. The second-order valence-corrected chi connectivity index (χ2v) is 7.94. The number of hydrogen-bond acceptors (Lipinski definition) is 4. The fourth-order valence-corrected chi connectivity index (χ4v) is 3.43. The lowest BCUT2D eigenvalue weighted by Gasteiger charge is -2.19. The number of nitrogens with zero attached hydrogens (tertiary/aromatic N) is 2. The summed E-state index contributed by atoms with van der Waals surface area (Å²) in [4.78, 5) is 20.1. The van der Waals surface area contributed by atoms with E-state index in [1.807, 2.05) is 24.3 Å². The lowest BCUT2D eigenvalue weighted by atomic mass is 10.00. The molecule has 0 bridgehead atoms. The number of aromatic nitrogens is 2. The average Bonchev–Trinajstić information content (AvgIpc) is 3.48. The van der Waals surface area contributed by atoms with Gasteiger partial charge in [0.15, 0.2) is 0 Å². The quantitative estimate of drug-likeness (QED) is 0.605. The van der Waals surface area contributed by atoms with Crippen LogP contribution in [-0.4, -0.2) is 15.9 Å². The summed E-state index contributed by atoms with van der Waals surface area (Å²) < 4.78 is 26.8. The van der Waals surface area contributed by atoms with E-state index in [4.69, 9.17) is 17.3 Å². The first-order chi connectivity index (χ1) is 14.2. The molecule has 5 nitrogen and oxygen atoms in total. The van der Waals surface area contributed by atoms with E-state index < -0.39 is 17.3 Å². The zero-order valence-electron chi connectivity index (χ0n) is 16.1. The van der Waals surface area contributed by atoms with Gasteiger partial charge < -0.3 is 11.1 Å². The van der Waals surface area contributed by atoms with Gasteiger partial charge in [0, 0.05) is 29.3 Å². The molecule has 1 aliphatic rings. The van der Waals surface area contributed by atoms with Crippen LogP contribution in [0.25, 0.3) is 11.1 Å². The van der Waals surface area contributed by atoms with Gasteiger partial charge in [-0.15, -0.1) is 0 Å². The molecule has 1 fully saturated rings. The normalized spacial score (nSPS) is 14.9. The Morgan fingerprint density at radius 2 is 1.77 bits per heavy atom. The standard InChI is InChI=1S/C22H19ClF2N4O/c1-21(24,25)20-27-12-17(18(26)28-20)13-2-6-15(7-3-13)22(10-11-22)29-19(30)14-4-8-16(23)9-5-14/h2-9,12H,10-11H2,1H3,(H,29,30)(H2,26,27,28). The highest BCUT2D eigenvalue weighted by molar-refractivity contribution is 6.30. The van der Waals surface area contributed by atoms with E-state index in [1.54, 1.807) is 24.3 Å². The number of alkyl halides is 2. The van der Waals surface area contributed by atoms with E-state index >= 15 is 0 Å². The second-order valence-electron chi connectivity index (χ2n) is 7.50. The molecule has 0 atom stereocenters. The first kappa shape index (κ1) is 20.2. The average molecular weight is 429 g/mol. The molecule has 30 heavy (non-hydrogen) atoms. The van der Waals surface area contributed by atoms with Gasteiger partial charge in [-0.25, -0.2) is 9.97 Å². The molecule has 0 aliphatic heterocycles. The molecule has 154 valence electrons. The molecule has 4 rings (SSSR count). The fourth-order valence-electron chi connectivity index (χ4n) is 3.30. The van der Waals surface area contributed by atoms with Crippen molar-refractivity contribution in [1.29, 1.82) is 0 Å². The molecule has 0 unspecified atom stereocenters. The van der Waals surface area contributed by atoms with E-state index in [1.165, 1.54) is 6.20 Å². The predicted molar refractivity (Wildman–Crippen MR) is 111 cm³/mol. The molecule has 3 N–H and O–H groups in total. The lowest BCUT2D eigenvalue weighted by Crippen LogP contribution is -2.34. The Labute approximate surface area is 177 Å².